The molecule has 0 aliphatic heterocycles. The normalized spacial score (nSPS) is 12.0. The molecule has 0 radical (unpaired) electrons. The molecule has 2 aromatic rings. The van der Waals surface area contributed by atoms with Crippen molar-refractivity contribution in [2.75, 3.05) is 11.9 Å². The van der Waals surface area contributed by atoms with Crippen molar-refractivity contribution in [3.63, 3.8) is 0 Å². The Morgan fingerprint density at radius 3 is 2.57 bits per heavy atom. The molecule has 1 atom stereocenters. The SMILES string of the molecule is CCCOc1ccc(Cl)cc1NC(C)c1ccc(I)cc1. The van der Waals surface area contributed by atoms with Crippen molar-refractivity contribution < 1.29 is 4.74 Å². The zero-order chi connectivity index (χ0) is 15.2. The van der Waals surface area contributed by atoms with Crippen molar-refractivity contribution >= 4 is 39.9 Å². The second-order valence-electron chi connectivity index (χ2n) is 4.91. The third kappa shape index (κ3) is 4.78. The first-order valence-electron chi connectivity index (χ1n) is 7.04. The number of halogens is 2. The van der Waals surface area contributed by atoms with E-state index in [1.54, 1.807) is 0 Å². The number of anilines is 1. The lowest BCUT2D eigenvalue weighted by Gasteiger charge is -2.19. The number of benzene rings is 2. The van der Waals surface area contributed by atoms with Crippen LogP contribution in [0.2, 0.25) is 5.02 Å². The largest absolute Gasteiger partial charge is 0.491 e. The van der Waals surface area contributed by atoms with Gasteiger partial charge in [0.2, 0.25) is 0 Å². The van der Waals surface area contributed by atoms with Crippen LogP contribution in [0.4, 0.5) is 5.69 Å². The Hall–Kier alpha value is -0.940. The molecular formula is C17H19ClINO. The fourth-order valence-corrected chi connectivity index (χ4v) is 2.55. The van der Waals surface area contributed by atoms with Crippen molar-refractivity contribution in [3.8, 4) is 5.75 Å². The summed E-state index contributed by atoms with van der Waals surface area (Å²) in [5.74, 6) is 0.846. The molecule has 2 aromatic carbocycles. The van der Waals surface area contributed by atoms with Crippen LogP contribution >= 0.6 is 34.2 Å². The van der Waals surface area contributed by atoms with Gasteiger partial charge in [-0.3, -0.25) is 0 Å². The van der Waals surface area contributed by atoms with Gasteiger partial charge in [-0.15, -0.1) is 0 Å². The quantitative estimate of drug-likeness (QED) is 0.593. The lowest BCUT2D eigenvalue weighted by Crippen LogP contribution is -2.08. The molecule has 4 heteroatoms. The van der Waals surface area contributed by atoms with Gasteiger partial charge in [0.1, 0.15) is 5.75 Å². The number of hydrogen-bond acceptors (Lipinski definition) is 2. The highest BCUT2D eigenvalue weighted by Crippen LogP contribution is 2.31. The second-order valence-corrected chi connectivity index (χ2v) is 6.59. The third-order valence-corrected chi connectivity index (χ3v) is 4.10. The Labute approximate surface area is 145 Å². The Morgan fingerprint density at radius 1 is 1.19 bits per heavy atom. The molecule has 0 amide bonds. The molecule has 0 fully saturated rings. The van der Waals surface area contributed by atoms with E-state index in [0.29, 0.717) is 11.6 Å². The van der Waals surface area contributed by atoms with Gasteiger partial charge < -0.3 is 10.1 Å². The molecule has 0 heterocycles. The molecule has 0 bridgehead atoms. The zero-order valence-electron chi connectivity index (χ0n) is 12.2. The van der Waals surface area contributed by atoms with Crippen LogP contribution in [0.25, 0.3) is 0 Å². The molecule has 0 aromatic heterocycles. The van der Waals surface area contributed by atoms with Gasteiger partial charge >= 0.3 is 0 Å². The predicted octanol–water partition coefficient (Wildman–Crippen LogP) is 5.91. The van der Waals surface area contributed by atoms with E-state index in [1.165, 1.54) is 9.13 Å². The Bertz CT molecular complexity index is 586. The maximum Gasteiger partial charge on any atom is 0.142 e. The molecule has 2 nitrogen and oxygen atoms in total. The summed E-state index contributed by atoms with van der Waals surface area (Å²) in [5, 5.41) is 4.19. The second kappa shape index (κ2) is 7.90. The maximum absolute atomic E-state index is 6.10. The zero-order valence-corrected chi connectivity index (χ0v) is 15.1. The molecule has 0 aliphatic carbocycles. The molecule has 0 spiro atoms. The van der Waals surface area contributed by atoms with E-state index in [1.807, 2.05) is 18.2 Å². The summed E-state index contributed by atoms with van der Waals surface area (Å²) in [4.78, 5) is 0. The van der Waals surface area contributed by atoms with Crippen LogP contribution in [0, 0.1) is 3.57 Å². The first-order chi connectivity index (χ1) is 10.1. The number of rotatable bonds is 6. The minimum absolute atomic E-state index is 0.185. The molecule has 21 heavy (non-hydrogen) atoms. The van der Waals surface area contributed by atoms with Gasteiger partial charge in [0, 0.05) is 14.6 Å². The van der Waals surface area contributed by atoms with Gasteiger partial charge in [0.25, 0.3) is 0 Å². The van der Waals surface area contributed by atoms with Crippen molar-refractivity contribution in [1.82, 2.24) is 0 Å². The Morgan fingerprint density at radius 2 is 1.90 bits per heavy atom. The Kier molecular flexibility index (Phi) is 6.18. The minimum atomic E-state index is 0.185. The van der Waals surface area contributed by atoms with Gasteiger partial charge in [0.15, 0.2) is 0 Å². The van der Waals surface area contributed by atoms with Crippen molar-refractivity contribution in [1.29, 1.82) is 0 Å². The standard InChI is InChI=1S/C17H19ClINO/c1-3-10-21-17-9-6-14(18)11-16(17)20-12(2)13-4-7-15(19)8-5-13/h4-9,11-12,20H,3,10H2,1-2H3. The van der Waals surface area contributed by atoms with Crippen molar-refractivity contribution in [2.24, 2.45) is 0 Å². The van der Waals surface area contributed by atoms with Crippen LogP contribution in [0.1, 0.15) is 31.9 Å². The average Bonchev–Trinajstić information content (AvgIpc) is 2.47. The molecule has 0 saturated carbocycles. The minimum Gasteiger partial charge on any atom is -0.491 e. The first kappa shape index (κ1) is 16.4. The highest BCUT2D eigenvalue weighted by Gasteiger charge is 2.10. The average molecular weight is 416 g/mol. The number of ether oxygens (including phenoxy) is 1. The van der Waals surface area contributed by atoms with Crippen LogP contribution in [0.15, 0.2) is 42.5 Å². The summed E-state index contributed by atoms with van der Waals surface area (Å²) in [6.07, 6.45) is 0.981. The van der Waals surface area contributed by atoms with Crippen molar-refractivity contribution in [3.05, 3.63) is 56.6 Å². The van der Waals surface area contributed by atoms with Gasteiger partial charge in [-0.05, 0) is 71.8 Å². The lowest BCUT2D eigenvalue weighted by atomic mass is 10.1. The predicted molar refractivity (Wildman–Crippen MR) is 98.4 cm³/mol. The fourth-order valence-electron chi connectivity index (χ4n) is 2.02. The van der Waals surface area contributed by atoms with Crippen molar-refractivity contribution in [2.45, 2.75) is 26.3 Å². The summed E-state index contributed by atoms with van der Waals surface area (Å²) in [7, 11) is 0. The Balaban J connectivity index is 2.17. The van der Waals surface area contributed by atoms with Gasteiger partial charge in [-0.2, -0.15) is 0 Å². The first-order valence-corrected chi connectivity index (χ1v) is 8.50. The molecule has 112 valence electrons. The van der Waals surface area contributed by atoms with Crippen LogP contribution in [-0.2, 0) is 0 Å². The monoisotopic (exact) mass is 415 g/mol. The third-order valence-electron chi connectivity index (χ3n) is 3.15. The summed E-state index contributed by atoms with van der Waals surface area (Å²) in [6.45, 7) is 4.93. The lowest BCUT2D eigenvalue weighted by molar-refractivity contribution is 0.318. The number of nitrogens with one attached hydrogen (secondary N) is 1. The van der Waals surface area contributed by atoms with E-state index >= 15 is 0 Å². The summed E-state index contributed by atoms with van der Waals surface area (Å²) in [6, 6.07) is 14.4. The molecule has 2 rings (SSSR count). The van der Waals surface area contributed by atoms with Crippen LogP contribution in [0.5, 0.6) is 5.75 Å². The fraction of sp³-hybridized carbons (Fsp3) is 0.294. The summed E-state index contributed by atoms with van der Waals surface area (Å²) in [5.41, 5.74) is 2.17. The van der Waals surface area contributed by atoms with Crippen LogP contribution < -0.4 is 10.1 Å². The highest BCUT2D eigenvalue weighted by molar-refractivity contribution is 14.1. The van der Waals surface area contributed by atoms with E-state index in [-0.39, 0.29) is 6.04 Å². The summed E-state index contributed by atoms with van der Waals surface area (Å²) >= 11 is 8.42. The van der Waals surface area contributed by atoms with Gasteiger partial charge in [0.05, 0.1) is 12.3 Å². The van der Waals surface area contributed by atoms with Gasteiger partial charge in [-0.25, -0.2) is 0 Å². The molecule has 1 N–H and O–H groups in total. The smallest absolute Gasteiger partial charge is 0.142 e. The molecule has 0 saturated heterocycles. The van der Waals surface area contributed by atoms with Crippen LogP contribution in [0.3, 0.4) is 0 Å². The summed E-state index contributed by atoms with van der Waals surface area (Å²) < 4.78 is 7.01. The van der Waals surface area contributed by atoms with E-state index in [9.17, 15) is 0 Å². The van der Waals surface area contributed by atoms with E-state index < -0.39 is 0 Å². The van der Waals surface area contributed by atoms with E-state index in [4.69, 9.17) is 16.3 Å². The maximum atomic E-state index is 6.10. The molecule has 1 unspecified atom stereocenters. The van der Waals surface area contributed by atoms with Gasteiger partial charge in [-0.1, -0.05) is 30.7 Å². The molecule has 0 aliphatic rings. The molecular weight excluding hydrogens is 397 g/mol. The number of hydrogen-bond donors (Lipinski definition) is 1. The van der Waals surface area contributed by atoms with E-state index in [2.05, 4.69) is 66.0 Å². The van der Waals surface area contributed by atoms with Crippen LogP contribution in [-0.4, -0.2) is 6.61 Å². The van der Waals surface area contributed by atoms with E-state index in [0.717, 1.165) is 17.9 Å². The highest BCUT2D eigenvalue weighted by atomic mass is 127. The topological polar surface area (TPSA) is 21.3 Å².